The molecular formula is C19H31NO3. The smallest absolute Gasteiger partial charge is 0.119 e. The summed E-state index contributed by atoms with van der Waals surface area (Å²) in [4.78, 5) is 0. The van der Waals surface area contributed by atoms with Gasteiger partial charge in [0.25, 0.3) is 0 Å². The largest absolute Gasteiger partial charge is 0.491 e. The fraction of sp³-hybridized carbons (Fsp3) is 0.684. The molecule has 0 heterocycles. The first-order valence-corrected chi connectivity index (χ1v) is 8.84. The summed E-state index contributed by atoms with van der Waals surface area (Å²) in [6.07, 6.45) is 5.98. The second-order valence-corrected chi connectivity index (χ2v) is 6.57. The Bertz CT molecular complexity index is 458. The summed E-state index contributed by atoms with van der Waals surface area (Å²) in [6.45, 7) is 6.14. The molecule has 0 aromatic heterocycles. The molecule has 0 amide bonds. The van der Waals surface area contributed by atoms with Gasteiger partial charge in [-0.2, -0.15) is 0 Å². The summed E-state index contributed by atoms with van der Waals surface area (Å²) in [5.41, 5.74) is 2.50. The van der Waals surface area contributed by atoms with Gasteiger partial charge in [-0.15, -0.1) is 0 Å². The number of rotatable bonds is 9. The van der Waals surface area contributed by atoms with Crippen molar-refractivity contribution in [1.29, 1.82) is 0 Å². The zero-order valence-electron chi connectivity index (χ0n) is 14.5. The van der Waals surface area contributed by atoms with Gasteiger partial charge in [-0.1, -0.05) is 25.3 Å². The normalized spacial score (nSPS) is 17.2. The van der Waals surface area contributed by atoms with Gasteiger partial charge < -0.3 is 19.9 Å². The van der Waals surface area contributed by atoms with E-state index in [0.717, 1.165) is 5.75 Å². The average molecular weight is 321 g/mol. The van der Waals surface area contributed by atoms with E-state index in [1.807, 2.05) is 12.1 Å². The predicted molar refractivity (Wildman–Crippen MR) is 93.1 cm³/mol. The van der Waals surface area contributed by atoms with Gasteiger partial charge in [-0.05, 0) is 49.9 Å². The Morgan fingerprint density at radius 3 is 2.65 bits per heavy atom. The summed E-state index contributed by atoms with van der Waals surface area (Å²) >= 11 is 0. The van der Waals surface area contributed by atoms with E-state index < -0.39 is 6.10 Å². The number of benzene rings is 1. The molecule has 0 saturated heterocycles. The van der Waals surface area contributed by atoms with Gasteiger partial charge in [0.05, 0.1) is 19.3 Å². The van der Waals surface area contributed by atoms with E-state index in [9.17, 15) is 5.11 Å². The number of ether oxygens (including phenoxy) is 2. The maximum atomic E-state index is 9.93. The Morgan fingerprint density at radius 1 is 1.13 bits per heavy atom. The molecule has 0 unspecified atom stereocenters. The third kappa shape index (κ3) is 6.90. The van der Waals surface area contributed by atoms with Crippen LogP contribution in [0.2, 0.25) is 0 Å². The molecule has 0 aliphatic heterocycles. The van der Waals surface area contributed by atoms with Crippen molar-refractivity contribution in [1.82, 2.24) is 5.32 Å². The Kier molecular flexibility index (Phi) is 7.86. The number of aryl methyl sites for hydroxylation is 2. The standard InChI is InChI=1S/C19H31NO3/c1-15-8-9-19(12-16(15)2)23-11-10-22-14-18(21)13-20-17-6-4-3-5-7-17/h8-9,12,17-18,20-21H,3-7,10-11,13-14H2,1-2H3/t18-/m0/s1. The molecular weight excluding hydrogens is 290 g/mol. The summed E-state index contributed by atoms with van der Waals surface area (Å²) in [6, 6.07) is 6.65. The van der Waals surface area contributed by atoms with Crippen LogP contribution < -0.4 is 10.1 Å². The third-order valence-electron chi connectivity index (χ3n) is 4.53. The van der Waals surface area contributed by atoms with E-state index in [0.29, 0.717) is 32.4 Å². The highest BCUT2D eigenvalue weighted by Crippen LogP contribution is 2.17. The van der Waals surface area contributed by atoms with Crippen LogP contribution >= 0.6 is 0 Å². The molecule has 23 heavy (non-hydrogen) atoms. The Balaban J connectivity index is 1.51. The maximum Gasteiger partial charge on any atom is 0.119 e. The van der Waals surface area contributed by atoms with Crippen molar-refractivity contribution >= 4 is 0 Å². The Labute approximate surface area is 140 Å². The SMILES string of the molecule is Cc1ccc(OCCOC[C@@H](O)CNC2CCCCC2)cc1C. The second kappa shape index (κ2) is 9.91. The predicted octanol–water partition coefficient (Wildman–Crippen LogP) is 2.98. The summed E-state index contributed by atoms with van der Waals surface area (Å²) in [5, 5.41) is 13.4. The molecule has 2 rings (SSSR count). The molecule has 1 fully saturated rings. The zero-order valence-corrected chi connectivity index (χ0v) is 14.5. The number of nitrogens with one attached hydrogen (secondary N) is 1. The van der Waals surface area contributed by atoms with E-state index in [4.69, 9.17) is 9.47 Å². The first kappa shape index (κ1) is 18.2. The lowest BCUT2D eigenvalue weighted by Gasteiger charge is -2.24. The Hall–Kier alpha value is -1.10. The van der Waals surface area contributed by atoms with Gasteiger partial charge in [-0.25, -0.2) is 0 Å². The first-order chi connectivity index (χ1) is 11.1. The van der Waals surface area contributed by atoms with Gasteiger partial charge >= 0.3 is 0 Å². The lowest BCUT2D eigenvalue weighted by Crippen LogP contribution is -2.38. The molecule has 0 bridgehead atoms. The molecule has 0 radical (unpaired) electrons. The van der Waals surface area contributed by atoms with E-state index in [2.05, 4.69) is 25.2 Å². The third-order valence-corrected chi connectivity index (χ3v) is 4.53. The van der Waals surface area contributed by atoms with E-state index in [1.165, 1.54) is 43.2 Å². The lowest BCUT2D eigenvalue weighted by molar-refractivity contribution is 0.0235. The van der Waals surface area contributed by atoms with Crippen LogP contribution in [-0.4, -0.2) is 43.6 Å². The maximum absolute atomic E-state index is 9.93. The Morgan fingerprint density at radius 2 is 1.91 bits per heavy atom. The minimum absolute atomic E-state index is 0.357. The number of aliphatic hydroxyl groups excluding tert-OH is 1. The summed E-state index contributed by atoms with van der Waals surface area (Å²) in [5.74, 6) is 0.871. The van der Waals surface area contributed by atoms with Crippen LogP contribution in [0, 0.1) is 13.8 Å². The zero-order chi connectivity index (χ0) is 16.5. The fourth-order valence-electron chi connectivity index (χ4n) is 2.91. The van der Waals surface area contributed by atoms with Crippen LogP contribution in [0.25, 0.3) is 0 Å². The van der Waals surface area contributed by atoms with Gasteiger partial charge in [0.1, 0.15) is 12.4 Å². The topological polar surface area (TPSA) is 50.7 Å². The fourth-order valence-corrected chi connectivity index (χ4v) is 2.91. The van der Waals surface area contributed by atoms with Gasteiger partial charge in [0.2, 0.25) is 0 Å². The van der Waals surface area contributed by atoms with Crippen molar-refractivity contribution in [2.45, 2.75) is 58.1 Å². The van der Waals surface area contributed by atoms with Crippen molar-refractivity contribution in [3.05, 3.63) is 29.3 Å². The average Bonchev–Trinajstić information content (AvgIpc) is 2.57. The highest BCUT2D eigenvalue weighted by atomic mass is 16.5. The van der Waals surface area contributed by atoms with Crippen LogP contribution in [0.5, 0.6) is 5.75 Å². The van der Waals surface area contributed by atoms with Crippen LogP contribution in [0.3, 0.4) is 0 Å². The molecule has 4 heteroatoms. The van der Waals surface area contributed by atoms with E-state index >= 15 is 0 Å². The van der Waals surface area contributed by atoms with Crippen LogP contribution in [0.4, 0.5) is 0 Å². The minimum Gasteiger partial charge on any atom is -0.491 e. The van der Waals surface area contributed by atoms with Crippen LogP contribution in [-0.2, 0) is 4.74 Å². The van der Waals surface area contributed by atoms with Gasteiger partial charge in [-0.3, -0.25) is 0 Å². The summed E-state index contributed by atoms with van der Waals surface area (Å²) < 4.78 is 11.2. The number of hydrogen-bond acceptors (Lipinski definition) is 4. The van der Waals surface area contributed by atoms with Crippen LogP contribution in [0.15, 0.2) is 18.2 Å². The molecule has 1 saturated carbocycles. The molecule has 1 aromatic rings. The van der Waals surface area contributed by atoms with Crippen LogP contribution in [0.1, 0.15) is 43.2 Å². The quantitative estimate of drug-likeness (QED) is 0.687. The molecule has 4 nitrogen and oxygen atoms in total. The van der Waals surface area contributed by atoms with Crippen molar-refractivity contribution in [3.8, 4) is 5.75 Å². The molecule has 0 spiro atoms. The molecule has 130 valence electrons. The summed E-state index contributed by atoms with van der Waals surface area (Å²) in [7, 11) is 0. The van der Waals surface area contributed by atoms with Crippen molar-refractivity contribution < 1.29 is 14.6 Å². The molecule has 1 aromatic carbocycles. The minimum atomic E-state index is -0.446. The van der Waals surface area contributed by atoms with Crippen molar-refractivity contribution in [3.63, 3.8) is 0 Å². The molecule has 1 atom stereocenters. The van der Waals surface area contributed by atoms with Gasteiger partial charge in [0, 0.05) is 12.6 Å². The molecule has 1 aliphatic rings. The molecule has 2 N–H and O–H groups in total. The molecule has 1 aliphatic carbocycles. The van der Waals surface area contributed by atoms with E-state index in [1.54, 1.807) is 0 Å². The first-order valence-electron chi connectivity index (χ1n) is 8.84. The monoisotopic (exact) mass is 321 g/mol. The van der Waals surface area contributed by atoms with E-state index in [-0.39, 0.29) is 0 Å². The highest BCUT2D eigenvalue weighted by molar-refractivity contribution is 5.33. The lowest BCUT2D eigenvalue weighted by atomic mass is 9.95. The second-order valence-electron chi connectivity index (χ2n) is 6.57. The highest BCUT2D eigenvalue weighted by Gasteiger charge is 2.14. The number of aliphatic hydroxyl groups is 1. The number of hydrogen-bond donors (Lipinski definition) is 2. The van der Waals surface area contributed by atoms with Crippen molar-refractivity contribution in [2.75, 3.05) is 26.4 Å². The van der Waals surface area contributed by atoms with Gasteiger partial charge in [0.15, 0.2) is 0 Å². The van der Waals surface area contributed by atoms with Crippen molar-refractivity contribution in [2.24, 2.45) is 0 Å².